The number of carbonyl (C=O) groups excluding carboxylic acids is 1. The van der Waals surface area contributed by atoms with Gasteiger partial charge in [-0.1, -0.05) is 30.3 Å². The Morgan fingerprint density at radius 2 is 2.06 bits per heavy atom. The maximum Gasteiger partial charge on any atom is 0.233 e. The molecule has 4 rings (SSSR count). The second kappa shape index (κ2) is 3.58. The lowest BCUT2D eigenvalue weighted by Crippen LogP contribution is -2.46. The van der Waals surface area contributed by atoms with E-state index in [1.54, 1.807) is 0 Å². The smallest absolute Gasteiger partial charge is 0.233 e. The van der Waals surface area contributed by atoms with E-state index < -0.39 is 0 Å². The summed E-state index contributed by atoms with van der Waals surface area (Å²) in [6.07, 6.45) is 3.34. The first-order valence-electron chi connectivity index (χ1n) is 6.78. The highest BCUT2D eigenvalue weighted by Crippen LogP contribution is 2.50. The number of carbonyl (C=O) groups is 1. The molecule has 3 fully saturated rings. The van der Waals surface area contributed by atoms with E-state index in [-0.39, 0.29) is 5.41 Å². The maximum atomic E-state index is 12.8. The van der Waals surface area contributed by atoms with Crippen molar-refractivity contribution in [3.05, 3.63) is 35.9 Å². The number of rotatable bonds is 2. The summed E-state index contributed by atoms with van der Waals surface area (Å²) in [6.45, 7) is 1.54. The van der Waals surface area contributed by atoms with Crippen LogP contribution in [0.2, 0.25) is 0 Å². The number of amides is 1. The van der Waals surface area contributed by atoms with E-state index in [1.807, 2.05) is 18.2 Å². The zero-order chi connectivity index (χ0) is 12.2. The van der Waals surface area contributed by atoms with Gasteiger partial charge >= 0.3 is 0 Å². The molecule has 2 atom stereocenters. The van der Waals surface area contributed by atoms with Gasteiger partial charge in [-0.3, -0.25) is 4.79 Å². The molecule has 3 aliphatic rings. The van der Waals surface area contributed by atoms with Crippen LogP contribution in [0, 0.1) is 0 Å². The molecule has 2 aliphatic heterocycles. The molecular formula is C15H17NO2. The van der Waals surface area contributed by atoms with Crippen molar-refractivity contribution in [3.8, 4) is 0 Å². The van der Waals surface area contributed by atoms with Gasteiger partial charge in [0.25, 0.3) is 0 Å². The van der Waals surface area contributed by atoms with E-state index in [0.29, 0.717) is 18.1 Å². The fourth-order valence-electron chi connectivity index (χ4n) is 3.43. The molecule has 18 heavy (non-hydrogen) atoms. The van der Waals surface area contributed by atoms with E-state index in [0.717, 1.165) is 32.4 Å². The fourth-order valence-corrected chi connectivity index (χ4v) is 3.43. The monoisotopic (exact) mass is 243 g/mol. The number of nitrogens with zero attached hydrogens (tertiary/aromatic N) is 1. The van der Waals surface area contributed by atoms with Crippen molar-refractivity contribution in [2.45, 2.75) is 36.8 Å². The van der Waals surface area contributed by atoms with E-state index in [9.17, 15) is 4.79 Å². The lowest BCUT2D eigenvalue weighted by Gasteiger charge is -2.30. The van der Waals surface area contributed by atoms with Gasteiger partial charge in [-0.2, -0.15) is 0 Å². The molecule has 0 N–H and O–H groups in total. The predicted octanol–water partition coefficient (Wildman–Crippen LogP) is 1.72. The molecule has 1 aliphatic carbocycles. The third-order valence-corrected chi connectivity index (χ3v) is 4.65. The van der Waals surface area contributed by atoms with E-state index >= 15 is 0 Å². The number of hydrogen-bond donors (Lipinski definition) is 0. The molecule has 94 valence electrons. The predicted molar refractivity (Wildman–Crippen MR) is 67.2 cm³/mol. The Morgan fingerprint density at radius 3 is 2.61 bits per heavy atom. The molecule has 2 unspecified atom stereocenters. The second-order valence-corrected chi connectivity index (χ2v) is 5.75. The zero-order valence-corrected chi connectivity index (χ0v) is 10.3. The Hall–Kier alpha value is -1.35. The summed E-state index contributed by atoms with van der Waals surface area (Å²) < 4.78 is 5.58. The third-order valence-electron chi connectivity index (χ3n) is 4.65. The lowest BCUT2D eigenvalue weighted by atomic mass is 9.94. The highest BCUT2D eigenvalue weighted by molar-refractivity contribution is 5.91. The van der Waals surface area contributed by atoms with Crippen molar-refractivity contribution < 1.29 is 9.53 Å². The van der Waals surface area contributed by atoms with Gasteiger partial charge in [0.1, 0.15) is 0 Å². The molecule has 0 radical (unpaired) electrons. The summed E-state index contributed by atoms with van der Waals surface area (Å²) in [5.74, 6) is 0.338. The average Bonchev–Trinajstić information content (AvgIpc) is 2.97. The number of benzene rings is 1. The molecule has 1 saturated carbocycles. The normalized spacial score (nSPS) is 31.7. The van der Waals surface area contributed by atoms with Gasteiger partial charge in [-0.25, -0.2) is 0 Å². The van der Waals surface area contributed by atoms with Crippen molar-refractivity contribution in [1.29, 1.82) is 0 Å². The Labute approximate surface area is 107 Å². The van der Waals surface area contributed by atoms with Gasteiger partial charge < -0.3 is 9.64 Å². The number of morpholine rings is 1. The summed E-state index contributed by atoms with van der Waals surface area (Å²) in [5.41, 5.74) is 0.991. The lowest BCUT2D eigenvalue weighted by molar-refractivity contribution is -0.138. The summed E-state index contributed by atoms with van der Waals surface area (Å²) in [5, 5.41) is 0. The minimum Gasteiger partial charge on any atom is -0.374 e. The first-order valence-corrected chi connectivity index (χ1v) is 6.78. The quantitative estimate of drug-likeness (QED) is 0.791. The van der Waals surface area contributed by atoms with Crippen LogP contribution in [0.25, 0.3) is 0 Å². The SMILES string of the molecule is O=C(N1CC2CC1CO2)C1(c2ccccc2)CC1. The Balaban J connectivity index is 1.62. The highest BCUT2D eigenvalue weighted by atomic mass is 16.5. The molecule has 1 aromatic rings. The highest BCUT2D eigenvalue weighted by Gasteiger charge is 2.56. The number of fused-ring (bicyclic) bond motifs is 2. The Bertz CT molecular complexity index is 481. The Kier molecular flexibility index (Phi) is 2.10. The maximum absolute atomic E-state index is 12.8. The number of ether oxygens (including phenoxy) is 1. The molecule has 2 bridgehead atoms. The zero-order valence-electron chi connectivity index (χ0n) is 10.3. The van der Waals surface area contributed by atoms with Crippen molar-refractivity contribution >= 4 is 5.91 Å². The van der Waals surface area contributed by atoms with E-state index in [1.165, 1.54) is 5.56 Å². The van der Waals surface area contributed by atoms with E-state index in [2.05, 4.69) is 17.0 Å². The molecule has 2 heterocycles. The van der Waals surface area contributed by atoms with Crippen LogP contribution in [0.15, 0.2) is 30.3 Å². The summed E-state index contributed by atoms with van der Waals surface area (Å²) in [7, 11) is 0. The topological polar surface area (TPSA) is 29.5 Å². The standard InChI is InChI=1S/C15H17NO2/c17-14(16-9-13-8-12(16)10-18-13)15(6-7-15)11-4-2-1-3-5-11/h1-5,12-13H,6-10H2. The van der Waals surface area contributed by atoms with Crippen LogP contribution in [-0.2, 0) is 14.9 Å². The van der Waals surface area contributed by atoms with Crippen LogP contribution in [-0.4, -0.2) is 36.1 Å². The summed E-state index contributed by atoms with van der Waals surface area (Å²) in [6, 6.07) is 10.6. The van der Waals surface area contributed by atoms with Crippen molar-refractivity contribution in [3.63, 3.8) is 0 Å². The van der Waals surface area contributed by atoms with Crippen LogP contribution in [0.3, 0.4) is 0 Å². The van der Waals surface area contributed by atoms with Crippen LogP contribution in [0.4, 0.5) is 0 Å². The third kappa shape index (κ3) is 1.37. The molecule has 0 spiro atoms. The van der Waals surface area contributed by atoms with Crippen molar-refractivity contribution in [1.82, 2.24) is 4.90 Å². The van der Waals surface area contributed by atoms with Crippen LogP contribution in [0.5, 0.6) is 0 Å². The molecule has 1 aromatic carbocycles. The first-order chi connectivity index (χ1) is 8.79. The molecular weight excluding hydrogens is 226 g/mol. The second-order valence-electron chi connectivity index (χ2n) is 5.75. The van der Waals surface area contributed by atoms with Crippen LogP contribution in [0.1, 0.15) is 24.8 Å². The largest absolute Gasteiger partial charge is 0.374 e. The van der Waals surface area contributed by atoms with Gasteiger partial charge in [0, 0.05) is 6.54 Å². The number of likely N-dealkylation sites (tertiary alicyclic amines) is 1. The summed E-state index contributed by atoms with van der Waals surface area (Å²) in [4.78, 5) is 14.9. The first kappa shape index (κ1) is 10.6. The summed E-state index contributed by atoms with van der Waals surface area (Å²) >= 11 is 0. The van der Waals surface area contributed by atoms with Crippen molar-refractivity contribution in [2.75, 3.05) is 13.2 Å². The molecule has 0 aromatic heterocycles. The molecule has 1 amide bonds. The molecule has 3 heteroatoms. The average molecular weight is 243 g/mol. The fraction of sp³-hybridized carbons (Fsp3) is 0.533. The minimum atomic E-state index is -0.203. The van der Waals surface area contributed by atoms with Gasteiger partial charge in [0.2, 0.25) is 5.91 Å². The van der Waals surface area contributed by atoms with Crippen LogP contribution >= 0.6 is 0 Å². The molecule has 3 nitrogen and oxygen atoms in total. The Morgan fingerprint density at radius 1 is 1.28 bits per heavy atom. The van der Waals surface area contributed by atoms with Gasteiger partial charge in [0.05, 0.1) is 24.2 Å². The minimum absolute atomic E-state index is 0.203. The molecule has 2 saturated heterocycles. The van der Waals surface area contributed by atoms with Crippen LogP contribution < -0.4 is 0 Å². The van der Waals surface area contributed by atoms with Gasteiger partial charge in [0.15, 0.2) is 0 Å². The van der Waals surface area contributed by atoms with Gasteiger partial charge in [-0.15, -0.1) is 0 Å². The number of hydrogen-bond acceptors (Lipinski definition) is 2. The van der Waals surface area contributed by atoms with E-state index in [4.69, 9.17) is 4.74 Å². The van der Waals surface area contributed by atoms with Crippen molar-refractivity contribution in [2.24, 2.45) is 0 Å². The van der Waals surface area contributed by atoms with Gasteiger partial charge in [-0.05, 0) is 24.8 Å².